The largest absolute Gasteiger partial charge is 0.415 e. The summed E-state index contributed by atoms with van der Waals surface area (Å²) < 4.78 is 44.1. The topological polar surface area (TPSA) is 76.5 Å². The first-order valence-corrected chi connectivity index (χ1v) is 9.00. The second kappa shape index (κ2) is 10.2. The molecule has 3 rings (SSSR count). The van der Waals surface area contributed by atoms with E-state index in [9.17, 15) is 13.2 Å². The highest BCUT2D eigenvalue weighted by Crippen LogP contribution is 2.25. The summed E-state index contributed by atoms with van der Waals surface area (Å²) in [6, 6.07) is 3.26. The Labute approximate surface area is 171 Å². The van der Waals surface area contributed by atoms with Gasteiger partial charge in [0.25, 0.3) is 5.89 Å². The Balaban J connectivity index is 1.82. The molecule has 9 heteroatoms. The lowest BCUT2D eigenvalue weighted by Crippen LogP contribution is -1.97. The van der Waals surface area contributed by atoms with Crippen LogP contribution in [0.1, 0.15) is 30.9 Å². The van der Waals surface area contributed by atoms with Gasteiger partial charge in [0.05, 0.1) is 0 Å². The summed E-state index contributed by atoms with van der Waals surface area (Å²) in [4.78, 5) is 12.0. The first-order valence-electron chi connectivity index (χ1n) is 9.00. The van der Waals surface area contributed by atoms with E-state index < -0.39 is 12.3 Å². The van der Waals surface area contributed by atoms with Gasteiger partial charge in [0.1, 0.15) is 12.2 Å². The van der Waals surface area contributed by atoms with Gasteiger partial charge in [-0.3, -0.25) is 9.98 Å². The molecule has 1 aliphatic carbocycles. The van der Waals surface area contributed by atoms with E-state index in [2.05, 4.69) is 31.9 Å². The molecule has 6 nitrogen and oxygen atoms in total. The molecule has 154 valence electrons. The van der Waals surface area contributed by atoms with Crippen LogP contribution < -0.4 is 0 Å². The van der Waals surface area contributed by atoms with Crippen LogP contribution in [0.5, 0.6) is 0 Å². The van der Waals surface area contributed by atoms with Crippen LogP contribution in [0, 0.1) is 0 Å². The minimum atomic E-state index is -2.84. The van der Waals surface area contributed by atoms with Gasteiger partial charge in [0, 0.05) is 30.1 Å². The van der Waals surface area contributed by atoms with Crippen molar-refractivity contribution in [1.82, 2.24) is 15.2 Å². The minimum Gasteiger partial charge on any atom is -0.415 e. The first kappa shape index (κ1) is 21.1. The van der Waals surface area contributed by atoms with E-state index in [-0.39, 0.29) is 11.7 Å². The maximum atomic E-state index is 13.7. The maximum absolute atomic E-state index is 13.7. The standard InChI is InChI=1S/C21H18F3N5O/c1-25-13-26-12-15(8-14-4-2-3-5-17(22)9-14)10-18-11-16(6-7-27-18)20-28-29-21(30-20)19(23)24/h3-7,9,11-13,19H,1-2,8,10H2/b15-12-,26-13-. The van der Waals surface area contributed by atoms with E-state index in [1.807, 2.05) is 6.08 Å². The second-order valence-corrected chi connectivity index (χ2v) is 6.32. The first-order chi connectivity index (χ1) is 14.5. The van der Waals surface area contributed by atoms with Gasteiger partial charge in [-0.1, -0.05) is 12.2 Å². The van der Waals surface area contributed by atoms with Crippen LogP contribution in [0.3, 0.4) is 0 Å². The Kier molecular flexibility index (Phi) is 7.20. The fourth-order valence-electron chi connectivity index (χ4n) is 2.79. The molecular formula is C21H18F3N5O. The maximum Gasteiger partial charge on any atom is 0.314 e. The van der Waals surface area contributed by atoms with Crippen LogP contribution >= 0.6 is 0 Å². The molecule has 2 heterocycles. The molecule has 0 radical (unpaired) electrons. The van der Waals surface area contributed by atoms with Gasteiger partial charge in [-0.05, 0) is 55.0 Å². The van der Waals surface area contributed by atoms with Crippen LogP contribution in [0.25, 0.3) is 11.5 Å². The zero-order chi connectivity index (χ0) is 21.3. The van der Waals surface area contributed by atoms with Gasteiger partial charge in [-0.15, -0.1) is 10.2 Å². The van der Waals surface area contributed by atoms with Crippen LogP contribution in [-0.2, 0) is 6.42 Å². The van der Waals surface area contributed by atoms with Gasteiger partial charge < -0.3 is 4.42 Å². The normalized spacial score (nSPS) is 14.7. The van der Waals surface area contributed by atoms with E-state index in [1.54, 1.807) is 24.4 Å². The third-order valence-corrected chi connectivity index (χ3v) is 4.05. The van der Waals surface area contributed by atoms with Crippen molar-refractivity contribution in [3.05, 3.63) is 77.4 Å². The average Bonchev–Trinajstić information content (AvgIpc) is 3.13. The van der Waals surface area contributed by atoms with E-state index in [4.69, 9.17) is 4.42 Å². The number of allylic oxidation sites excluding steroid dienone is 7. The molecule has 0 spiro atoms. The summed E-state index contributed by atoms with van der Waals surface area (Å²) in [5, 5.41) is 6.99. The molecule has 0 N–H and O–H groups in total. The fourth-order valence-corrected chi connectivity index (χ4v) is 2.79. The molecule has 0 atom stereocenters. The lowest BCUT2D eigenvalue weighted by Gasteiger charge is -2.08. The van der Waals surface area contributed by atoms with E-state index in [0.717, 1.165) is 11.1 Å². The van der Waals surface area contributed by atoms with Gasteiger partial charge in [0.2, 0.25) is 5.89 Å². The highest BCUT2D eigenvalue weighted by Gasteiger charge is 2.17. The Hall–Kier alpha value is -3.62. The lowest BCUT2D eigenvalue weighted by molar-refractivity contribution is 0.116. The van der Waals surface area contributed by atoms with E-state index in [1.165, 1.54) is 24.7 Å². The summed E-state index contributed by atoms with van der Waals surface area (Å²) in [5.41, 5.74) is 2.75. The third kappa shape index (κ3) is 5.94. The van der Waals surface area contributed by atoms with E-state index in [0.29, 0.717) is 30.5 Å². The Morgan fingerprint density at radius 3 is 2.93 bits per heavy atom. The van der Waals surface area contributed by atoms with Crippen molar-refractivity contribution in [2.45, 2.75) is 25.7 Å². The molecule has 0 saturated heterocycles. The summed E-state index contributed by atoms with van der Waals surface area (Å²) in [5.74, 6) is -1.07. The average molecular weight is 413 g/mol. The number of halogens is 3. The van der Waals surface area contributed by atoms with Crippen molar-refractivity contribution in [3.63, 3.8) is 0 Å². The third-order valence-electron chi connectivity index (χ3n) is 4.05. The quantitative estimate of drug-likeness (QED) is 0.432. The van der Waals surface area contributed by atoms with Crippen molar-refractivity contribution in [2.75, 3.05) is 0 Å². The minimum absolute atomic E-state index is 0.0177. The van der Waals surface area contributed by atoms with E-state index >= 15 is 0 Å². The zero-order valence-electron chi connectivity index (χ0n) is 15.9. The SMILES string of the molecule is C=N/C=N\C=C(\CC1=CCC=CC(F)=C1)Cc1cc(-c2nnc(C(F)F)o2)ccn1. The molecule has 0 bridgehead atoms. The Morgan fingerprint density at radius 2 is 2.17 bits per heavy atom. The van der Waals surface area contributed by atoms with Gasteiger partial charge in [-0.25, -0.2) is 9.38 Å². The summed E-state index contributed by atoms with van der Waals surface area (Å²) in [6.07, 6.45) is 9.64. The van der Waals surface area contributed by atoms with Gasteiger partial charge >= 0.3 is 6.43 Å². The molecule has 0 unspecified atom stereocenters. The van der Waals surface area contributed by atoms with Gasteiger partial charge in [0.15, 0.2) is 0 Å². The molecule has 1 aliphatic rings. The number of aromatic nitrogens is 3. The number of hydrogen-bond donors (Lipinski definition) is 0. The highest BCUT2D eigenvalue weighted by atomic mass is 19.3. The number of hydrogen-bond acceptors (Lipinski definition) is 5. The summed E-state index contributed by atoms with van der Waals surface area (Å²) in [6.45, 7) is 3.34. The summed E-state index contributed by atoms with van der Waals surface area (Å²) >= 11 is 0. The van der Waals surface area contributed by atoms with Crippen LogP contribution in [0.15, 0.2) is 80.2 Å². The second-order valence-electron chi connectivity index (χ2n) is 6.32. The fraction of sp³-hybridized carbons (Fsp3) is 0.190. The monoisotopic (exact) mass is 413 g/mol. The Bertz CT molecular complexity index is 1050. The predicted molar refractivity (Wildman–Crippen MR) is 108 cm³/mol. The molecular weight excluding hydrogens is 395 g/mol. The molecule has 0 saturated carbocycles. The zero-order valence-corrected chi connectivity index (χ0v) is 15.9. The van der Waals surface area contributed by atoms with Crippen molar-refractivity contribution >= 4 is 13.1 Å². The highest BCUT2D eigenvalue weighted by molar-refractivity contribution is 5.62. The lowest BCUT2D eigenvalue weighted by atomic mass is 10.00. The summed E-state index contributed by atoms with van der Waals surface area (Å²) in [7, 11) is 0. The smallest absolute Gasteiger partial charge is 0.314 e. The number of aliphatic imine (C=N–C) groups is 2. The van der Waals surface area contributed by atoms with Crippen LogP contribution in [0.2, 0.25) is 0 Å². The molecule has 30 heavy (non-hydrogen) atoms. The molecule has 2 aromatic rings. The van der Waals surface area contributed by atoms with Gasteiger partial charge in [-0.2, -0.15) is 8.78 Å². The van der Waals surface area contributed by atoms with Crippen LogP contribution in [0.4, 0.5) is 13.2 Å². The van der Waals surface area contributed by atoms with Crippen molar-refractivity contribution in [3.8, 4) is 11.5 Å². The molecule has 0 amide bonds. The number of nitrogens with zero attached hydrogens (tertiary/aromatic N) is 5. The molecule has 2 aromatic heterocycles. The molecule has 0 aliphatic heterocycles. The number of alkyl halides is 2. The number of pyridine rings is 1. The predicted octanol–water partition coefficient (Wildman–Crippen LogP) is 5.35. The van der Waals surface area contributed by atoms with Crippen LogP contribution in [-0.4, -0.2) is 28.2 Å². The Morgan fingerprint density at radius 1 is 1.30 bits per heavy atom. The molecule has 0 aromatic carbocycles. The van der Waals surface area contributed by atoms with Crippen molar-refractivity contribution in [2.24, 2.45) is 9.98 Å². The van der Waals surface area contributed by atoms with Crippen molar-refractivity contribution in [1.29, 1.82) is 0 Å². The molecule has 0 fully saturated rings. The van der Waals surface area contributed by atoms with Crippen molar-refractivity contribution < 1.29 is 17.6 Å². The number of rotatable bonds is 8.